The second-order valence-electron chi connectivity index (χ2n) is 8.11. The lowest BCUT2D eigenvalue weighted by Gasteiger charge is -2.19. The van der Waals surface area contributed by atoms with Gasteiger partial charge >= 0.3 is 12.0 Å². The maximum absolute atomic E-state index is 12.8. The number of carbonyl (C=O) groups is 3. The largest absolute Gasteiger partial charge is 0.449 e. The topological polar surface area (TPSA) is 122 Å². The third-order valence-corrected chi connectivity index (χ3v) is 7.34. The predicted octanol–water partition coefficient (Wildman–Crippen LogP) is 3.54. The number of amides is 3. The molecule has 0 bridgehead atoms. The van der Waals surface area contributed by atoms with Crippen LogP contribution in [0.4, 0.5) is 10.5 Å². The molecular weight excluding hydrogens is 470 g/mol. The van der Waals surface area contributed by atoms with Crippen molar-refractivity contribution in [3.05, 3.63) is 66.2 Å². The summed E-state index contributed by atoms with van der Waals surface area (Å²) in [5, 5.41) is 4.60. The van der Waals surface area contributed by atoms with Crippen LogP contribution in [0.25, 0.3) is 6.08 Å². The first kappa shape index (κ1) is 26.1. The van der Waals surface area contributed by atoms with Crippen molar-refractivity contribution in [2.75, 3.05) is 18.4 Å². The van der Waals surface area contributed by atoms with E-state index in [9.17, 15) is 22.8 Å². The van der Waals surface area contributed by atoms with Crippen LogP contribution in [0.1, 0.15) is 38.2 Å². The van der Waals surface area contributed by atoms with Crippen LogP contribution < -0.4 is 10.6 Å². The Morgan fingerprint density at radius 3 is 2.20 bits per heavy atom. The molecule has 10 heteroatoms. The molecule has 2 aromatic rings. The molecule has 1 unspecified atom stereocenters. The van der Waals surface area contributed by atoms with E-state index in [0.717, 1.165) is 31.8 Å². The van der Waals surface area contributed by atoms with Crippen LogP contribution in [0.2, 0.25) is 0 Å². The number of ether oxygens (including phenoxy) is 1. The van der Waals surface area contributed by atoms with E-state index in [4.69, 9.17) is 4.74 Å². The standard InChI is InChI=1S/C25H29N3O6S/c1-19(24(30)27-25(31)26-21-9-5-4-6-10-21)34-23(29)16-13-20-11-14-22(15-12-20)35(32,33)28-17-7-2-3-8-18-28/h4-6,9-16,19H,2-3,7-8,17-18H2,1H3,(H2,26,27,30,31)/b16-13+. The molecule has 35 heavy (non-hydrogen) atoms. The van der Waals surface area contributed by atoms with E-state index in [1.165, 1.54) is 29.4 Å². The van der Waals surface area contributed by atoms with Crippen LogP contribution in [0, 0.1) is 0 Å². The highest BCUT2D eigenvalue weighted by Crippen LogP contribution is 2.21. The molecule has 1 aliphatic heterocycles. The van der Waals surface area contributed by atoms with Crippen molar-refractivity contribution < 1.29 is 27.5 Å². The minimum atomic E-state index is -3.55. The normalized spacial score (nSPS) is 15.7. The number of para-hydroxylation sites is 1. The fraction of sp³-hybridized carbons (Fsp3) is 0.320. The van der Waals surface area contributed by atoms with Crippen LogP contribution in [0.3, 0.4) is 0 Å². The van der Waals surface area contributed by atoms with E-state index in [-0.39, 0.29) is 4.90 Å². The number of sulfonamides is 1. The van der Waals surface area contributed by atoms with Crippen molar-refractivity contribution in [2.24, 2.45) is 0 Å². The average molecular weight is 500 g/mol. The smallest absolute Gasteiger partial charge is 0.331 e. The Morgan fingerprint density at radius 1 is 0.943 bits per heavy atom. The van der Waals surface area contributed by atoms with Crippen molar-refractivity contribution in [3.63, 3.8) is 0 Å². The molecule has 0 radical (unpaired) electrons. The summed E-state index contributed by atoms with van der Waals surface area (Å²) in [4.78, 5) is 36.3. The van der Waals surface area contributed by atoms with Crippen LogP contribution in [-0.4, -0.2) is 49.8 Å². The monoisotopic (exact) mass is 499 g/mol. The molecule has 1 saturated heterocycles. The van der Waals surface area contributed by atoms with Crippen LogP contribution in [0.5, 0.6) is 0 Å². The molecule has 2 aromatic carbocycles. The van der Waals surface area contributed by atoms with Gasteiger partial charge in [-0.05, 0) is 55.7 Å². The fourth-order valence-corrected chi connectivity index (χ4v) is 5.03. The van der Waals surface area contributed by atoms with Gasteiger partial charge in [0.15, 0.2) is 6.10 Å². The number of hydrogen-bond donors (Lipinski definition) is 2. The van der Waals surface area contributed by atoms with Crippen molar-refractivity contribution in [1.82, 2.24) is 9.62 Å². The van der Waals surface area contributed by atoms with Gasteiger partial charge in [0, 0.05) is 24.9 Å². The fourth-order valence-electron chi connectivity index (χ4n) is 3.51. The molecule has 3 amide bonds. The molecule has 0 spiro atoms. The first-order chi connectivity index (χ1) is 16.8. The highest BCUT2D eigenvalue weighted by molar-refractivity contribution is 7.89. The summed E-state index contributed by atoms with van der Waals surface area (Å²) in [6, 6.07) is 14.0. The lowest BCUT2D eigenvalue weighted by atomic mass is 10.2. The van der Waals surface area contributed by atoms with Gasteiger partial charge in [0.05, 0.1) is 4.90 Å². The van der Waals surface area contributed by atoms with E-state index in [2.05, 4.69) is 10.6 Å². The lowest BCUT2D eigenvalue weighted by Crippen LogP contribution is -2.41. The number of urea groups is 1. The van der Waals surface area contributed by atoms with Gasteiger partial charge in [-0.15, -0.1) is 0 Å². The highest BCUT2D eigenvalue weighted by atomic mass is 32.2. The van der Waals surface area contributed by atoms with Crippen molar-refractivity contribution in [2.45, 2.75) is 43.6 Å². The van der Waals surface area contributed by atoms with E-state index < -0.39 is 34.0 Å². The molecule has 1 aliphatic rings. The molecule has 3 rings (SSSR count). The second kappa shape index (κ2) is 12.3. The number of benzene rings is 2. The molecular formula is C25H29N3O6S. The maximum Gasteiger partial charge on any atom is 0.331 e. The zero-order valence-electron chi connectivity index (χ0n) is 19.5. The van der Waals surface area contributed by atoms with Gasteiger partial charge in [0.2, 0.25) is 10.0 Å². The molecule has 1 fully saturated rings. The molecule has 186 valence electrons. The molecule has 0 aliphatic carbocycles. The van der Waals surface area contributed by atoms with E-state index >= 15 is 0 Å². The minimum Gasteiger partial charge on any atom is -0.449 e. The maximum atomic E-state index is 12.8. The summed E-state index contributed by atoms with van der Waals surface area (Å²) in [7, 11) is -3.55. The van der Waals surface area contributed by atoms with Gasteiger partial charge in [-0.25, -0.2) is 18.0 Å². The summed E-state index contributed by atoms with van der Waals surface area (Å²) in [6.07, 6.45) is 5.17. The number of anilines is 1. The van der Waals surface area contributed by atoms with Gasteiger partial charge in [-0.1, -0.05) is 43.2 Å². The zero-order chi connectivity index (χ0) is 25.3. The minimum absolute atomic E-state index is 0.207. The molecule has 1 heterocycles. The quantitative estimate of drug-likeness (QED) is 0.444. The Morgan fingerprint density at radius 2 is 1.57 bits per heavy atom. The van der Waals surface area contributed by atoms with Gasteiger partial charge in [-0.3, -0.25) is 10.1 Å². The molecule has 9 nitrogen and oxygen atoms in total. The summed E-state index contributed by atoms with van der Waals surface area (Å²) < 4.78 is 32.3. The molecule has 0 saturated carbocycles. The van der Waals surface area contributed by atoms with E-state index in [1.807, 2.05) is 0 Å². The highest BCUT2D eigenvalue weighted by Gasteiger charge is 2.25. The van der Waals surface area contributed by atoms with Crippen LogP contribution in [0.15, 0.2) is 65.6 Å². The zero-order valence-corrected chi connectivity index (χ0v) is 20.3. The third kappa shape index (κ3) is 7.76. The van der Waals surface area contributed by atoms with Gasteiger partial charge in [-0.2, -0.15) is 4.31 Å². The van der Waals surface area contributed by atoms with Gasteiger partial charge in [0.1, 0.15) is 0 Å². The van der Waals surface area contributed by atoms with E-state index in [1.54, 1.807) is 42.5 Å². The molecule has 2 N–H and O–H groups in total. The number of rotatable bonds is 7. The Bertz CT molecular complexity index is 1160. The molecule has 0 aromatic heterocycles. The lowest BCUT2D eigenvalue weighted by molar-refractivity contribution is -0.149. The van der Waals surface area contributed by atoms with Crippen LogP contribution in [-0.2, 0) is 24.3 Å². The number of imide groups is 1. The van der Waals surface area contributed by atoms with Crippen LogP contribution >= 0.6 is 0 Å². The second-order valence-corrected chi connectivity index (χ2v) is 10.0. The number of carbonyl (C=O) groups excluding carboxylic acids is 3. The summed E-state index contributed by atoms with van der Waals surface area (Å²) in [6.45, 7) is 2.39. The predicted molar refractivity (Wildman–Crippen MR) is 132 cm³/mol. The SMILES string of the molecule is CC(OC(=O)/C=C/c1ccc(S(=O)(=O)N2CCCCCC2)cc1)C(=O)NC(=O)Nc1ccccc1. The third-order valence-electron chi connectivity index (χ3n) is 5.43. The number of hydrogen-bond acceptors (Lipinski definition) is 6. The Labute approximate surface area is 205 Å². The summed E-state index contributed by atoms with van der Waals surface area (Å²) in [5.41, 5.74) is 1.10. The first-order valence-electron chi connectivity index (χ1n) is 11.4. The van der Waals surface area contributed by atoms with Gasteiger partial charge < -0.3 is 10.1 Å². The van der Waals surface area contributed by atoms with Crippen molar-refractivity contribution >= 4 is 39.7 Å². The van der Waals surface area contributed by atoms with E-state index in [0.29, 0.717) is 24.3 Å². The van der Waals surface area contributed by atoms with Crippen molar-refractivity contribution in [3.8, 4) is 0 Å². The Balaban J connectivity index is 1.50. The number of nitrogens with one attached hydrogen (secondary N) is 2. The Hall–Kier alpha value is -3.50. The molecule has 1 atom stereocenters. The Kier molecular flexibility index (Phi) is 9.16. The number of esters is 1. The first-order valence-corrected chi connectivity index (χ1v) is 12.9. The summed E-state index contributed by atoms with van der Waals surface area (Å²) >= 11 is 0. The van der Waals surface area contributed by atoms with Gasteiger partial charge in [0.25, 0.3) is 5.91 Å². The van der Waals surface area contributed by atoms with Crippen molar-refractivity contribution in [1.29, 1.82) is 0 Å². The number of nitrogens with zero attached hydrogens (tertiary/aromatic N) is 1. The summed E-state index contributed by atoms with van der Waals surface area (Å²) in [5.74, 6) is -1.55. The average Bonchev–Trinajstić information content (AvgIpc) is 3.14.